The van der Waals surface area contributed by atoms with Crippen LogP contribution in [0.1, 0.15) is 31.4 Å². The maximum absolute atomic E-state index is 12.5. The van der Waals surface area contributed by atoms with Gasteiger partial charge in [0.2, 0.25) is 15.9 Å². The van der Waals surface area contributed by atoms with Crippen LogP contribution in [0.4, 0.5) is 0 Å². The number of carbonyl (C=O) groups is 1. The normalized spacial score (nSPS) is 18.2. The zero-order valence-corrected chi connectivity index (χ0v) is 16.1. The van der Waals surface area contributed by atoms with Crippen molar-refractivity contribution in [1.29, 1.82) is 0 Å². The minimum atomic E-state index is -3.15. The number of benzene rings is 1. The Morgan fingerprint density at radius 3 is 2.36 bits per heavy atom. The minimum absolute atomic E-state index is 0.0244. The summed E-state index contributed by atoms with van der Waals surface area (Å²) in [7, 11) is 0.847. The van der Waals surface area contributed by atoms with E-state index in [4.69, 9.17) is 0 Å². The third-order valence-electron chi connectivity index (χ3n) is 4.86. The van der Waals surface area contributed by atoms with Crippen LogP contribution in [0.25, 0.3) is 0 Å². The zero-order valence-electron chi connectivity index (χ0n) is 15.3. The van der Waals surface area contributed by atoms with Gasteiger partial charge in [-0.2, -0.15) is 0 Å². The molecular weight excluding hydrogens is 338 g/mol. The Hall–Kier alpha value is -1.44. The highest BCUT2D eigenvalue weighted by molar-refractivity contribution is 7.89. The third kappa shape index (κ3) is 5.26. The molecule has 7 heteroatoms. The smallest absolute Gasteiger partial charge is 0.223 e. The Labute approximate surface area is 151 Å². The highest BCUT2D eigenvalue weighted by atomic mass is 32.2. The second-order valence-electron chi connectivity index (χ2n) is 6.71. The van der Waals surface area contributed by atoms with Gasteiger partial charge in [-0.3, -0.25) is 4.79 Å². The molecule has 0 spiro atoms. The number of hydrogen-bond acceptors (Lipinski definition) is 4. The second-order valence-corrected chi connectivity index (χ2v) is 8.97. The van der Waals surface area contributed by atoms with Gasteiger partial charge in [-0.05, 0) is 39.4 Å². The van der Waals surface area contributed by atoms with Gasteiger partial charge in [-0.15, -0.1) is 0 Å². The zero-order chi connectivity index (χ0) is 18.4. The fraction of sp³-hybridized carbons (Fsp3) is 0.611. The van der Waals surface area contributed by atoms with Crippen molar-refractivity contribution in [1.82, 2.24) is 14.5 Å². The molecule has 1 aromatic rings. The van der Waals surface area contributed by atoms with Crippen LogP contribution in [-0.4, -0.2) is 63.0 Å². The summed E-state index contributed by atoms with van der Waals surface area (Å²) in [6.07, 6.45) is 1.17. The molecule has 1 fully saturated rings. The van der Waals surface area contributed by atoms with Crippen LogP contribution in [-0.2, 0) is 14.8 Å². The highest BCUT2D eigenvalue weighted by Crippen LogP contribution is 2.21. The first-order valence-electron chi connectivity index (χ1n) is 8.82. The van der Waals surface area contributed by atoms with Crippen molar-refractivity contribution in [2.24, 2.45) is 5.92 Å². The van der Waals surface area contributed by atoms with E-state index in [0.29, 0.717) is 32.5 Å². The molecule has 1 N–H and O–H groups in total. The number of piperidine rings is 1. The molecule has 1 aliphatic heterocycles. The molecule has 1 heterocycles. The molecule has 1 saturated heterocycles. The maximum atomic E-state index is 12.5. The van der Waals surface area contributed by atoms with Gasteiger partial charge in [-0.1, -0.05) is 30.3 Å². The average Bonchev–Trinajstić information content (AvgIpc) is 2.62. The predicted molar refractivity (Wildman–Crippen MR) is 99.6 cm³/mol. The topological polar surface area (TPSA) is 69.7 Å². The molecule has 0 unspecified atom stereocenters. The quantitative estimate of drug-likeness (QED) is 0.792. The van der Waals surface area contributed by atoms with Crippen LogP contribution in [0.2, 0.25) is 0 Å². The predicted octanol–water partition coefficient (Wildman–Crippen LogP) is 1.47. The van der Waals surface area contributed by atoms with Crippen molar-refractivity contribution in [3.8, 4) is 0 Å². The Kier molecular flexibility index (Phi) is 6.98. The number of nitrogens with one attached hydrogen (secondary N) is 1. The molecule has 0 aromatic heterocycles. The molecule has 2 rings (SSSR count). The van der Waals surface area contributed by atoms with Gasteiger partial charge in [0.25, 0.3) is 0 Å². The average molecular weight is 368 g/mol. The molecule has 0 saturated carbocycles. The van der Waals surface area contributed by atoms with Crippen molar-refractivity contribution in [3.05, 3.63) is 35.9 Å². The Bertz CT molecular complexity index is 653. The van der Waals surface area contributed by atoms with E-state index >= 15 is 0 Å². The fourth-order valence-electron chi connectivity index (χ4n) is 3.19. The van der Waals surface area contributed by atoms with Crippen molar-refractivity contribution < 1.29 is 13.2 Å². The van der Waals surface area contributed by atoms with Crippen LogP contribution in [0.3, 0.4) is 0 Å². The Balaban J connectivity index is 1.88. The van der Waals surface area contributed by atoms with E-state index in [1.807, 2.05) is 32.3 Å². The summed E-state index contributed by atoms with van der Waals surface area (Å²) in [6.45, 7) is 3.07. The molecule has 1 atom stereocenters. The van der Waals surface area contributed by atoms with E-state index in [1.165, 1.54) is 4.31 Å². The third-order valence-corrected chi connectivity index (χ3v) is 6.74. The summed E-state index contributed by atoms with van der Waals surface area (Å²) < 4.78 is 25.3. The van der Waals surface area contributed by atoms with E-state index in [2.05, 4.69) is 22.3 Å². The van der Waals surface area contributed by atoms with E-state index in [0.717, 1.165) is 5.56 Å². The molecule has 1 aliphatic rings. The first kappa shape index (κ1) is 19.9. The number of sulfonamides is 1. The van der Waals surface area contributed by atoms with Crippen molar-refractivity contribution >= 4 is 15.9 Å². The standard InChI is InChI=1S/C18H29N3O3S/c1-4-25(23,24)21-12-10-16(11-13-21)18(22)19-14-17(20(2)3)15-8-6-5-7-9-15/h5-9,16-17H,4,10-14H2,1-3H3,(H,19,22)/t17-/m1/s1. The summed E-state index contributed by atoms with van der Waals surface area (Å²) >= 11 is 0. The number of likely N-dealkylation sites (N-methyl/N-ethyl adjacent to an activating group) is 1. The lowest BCUT2D eigenvalue weighted by atomic mass is 9.97. The molecule has 25 heavy (non-hydrogen) atoms. The second kappa shape index (κ2) is 8.78. The fourth-order valence-corrected chi connectivity index (χ4v) is 4.33. The summed E-state index contributed by atoms with van der Waals surface area (Å²) in [5.74, 6) is 0.0315. The molecule has 1 aromatic carbocycles. The van der Waals surface area contributed by atoms with Crippen LogP contribution in [0, 0.1) is 5.92 Å². The highest BCUT2D eigenvalue weighted by Gasteiger charge is 2.30. The van der Waals surface area contributed by atoms with E-state index in [1.54, 1.807) is 6.92 Å². The largest absolute Gasteiger partial charge is 0.354 e. The minimum Gasteiger partial charge on any atom is -0.354 e. The molecule has 0 radical (unpaired) electrons. The van der Waals surface area contributed by atoms with Crippen LogP contribution < -0.4 is 5.32 Å². The summed E-state index contributed by atoms with van der Waals surface area (Å²) in [4.78, 5) is 14.6. The molecule has 140 valence electrons. The van der Waals surface area contributed by atoms with Gasteiger partial charge >= 0.3 is 0 Å². The van der Waals surface area contributed by atoms with E-state index in [9.17, 15) is 13.2 Å². The summed E-state index contributed by atoms with van der Waals surface area (Å²) in [5, 5.41) is 3.05. The summed E-state index contributed by atoms with van der Waals surface area (Å²) in [5.41, 5.74) is 1.16. The SMILES string of the molecule is CCS(=O)(=O)N1CCC(C(=O)NC[C@H](c2ccccc2)N(C)C)CC1. The van der Waals surface area contributed by atoms with Crippen LogP contribution >= 0.6 is 0 Å². The maximum Gasteiger partial charge on any atom is 0.223 e. The first-order valence-corrected chi connectivity index (χ1v) is 10.4. The van der Waals surface area contributed by atoms with Gasteiger partial charge in [-0.25, -0.2) is 12.7 Å². The number of hydrogen-bond donors (Lipinski definition) is 1. The Morgan fingerprint density at radius 2 is 1.84 bits per heavy atom. The number of nitrogens with zero attached hydrogens (tertiary/aromatic N) is 2. The lowest BCUT2D eigenvalue weighted by Crippen LogP contribution is -2.44. The molecular formula is C18H29N3O3S. The first-order chi connectivity index (χ1) is 11.8. The van der Waals surface area contributed by atoms with Crippen molar-refractivity contribution in [2.75, 3.05) is 39.5 Å². The van der Waals surface area contributed by atoms with Gasteiger partial charge in [0.15, 0.2) is 0 Å². The van der Waals surface area contributed by atoms with Crippen LogP contribution in [0.5, 0.6) is 0 Å². The molecule has 0 aliphatic carbocycles. The van der Waals surface area contributed by atoms with Crippen molar-refractivity contribution in [3.63, 3.8) is 0 Å². The van der Waals surface area contributed by atoms with Gasteiger partial charge < -0.3 is 10.2 Å². The lowest BCUT2D eigenvalue weighted by molar-refractivity contribution is -0.126. The van der Waals surface area contributed by atoms with Gasteiger partial charge in [0.05, 0.1) is 11.8 Å². The number of rotatable bonds is 7. The number of carbonyl (C=O) groups excluding carboxylic acids is 1. The summed E-state index contributed by atoms with van der Waals surface area (Å²) in [6, 6.07) is 10.2. The molecule has 0 bridgehead atoms. The molecule has 6 nitrogen and oxygen atoms in total. The van der Waals surface area contributed by atoms with E-state index < -0.39 is 10.0 Å². The Morgan fingerprint density at radius 1 is 1.24 bits per heavy atom. The van der Waals surface area contributed by atoms with Crippen LogP contribution in [0.15, 0.2) is 30.3 Å². The molecule has 1 amide bonds. The van der Waals surface area contributed by atoms with Gasteiger partial charge in [0, 0.05) is 25.6 Å². The lowest BCUT2D eigenvalue weighted by Gasteiger charge is -2.31. The monoisotopic (exact) mass is 367 g/mol. The van der Waals surface area contributed by atoms with Crippen molar-refractivity contribution in [2.45, 2.75) is 25.8 Å². The number of amides is 1. The van der Waals surface area contributed by atoms with Gasteiger partial charge in [0.1, 0.15) is 0 Å². The van der Waals surface area contributed by atoms with E-state index in [-0.39, 0.29) is 23.6 Å².